The number of rotatable bonds is 9. The number of carbonyl (C=O) groups excluding carboxylic acids is 1. The van der Waals surface area contributed by atoms with E-state index in [1.165, 1.54) is 6.07 Å². The van der Waals surface area contributed by atoms with Gasteiger partial charge in [-0.3, -0.25) is 19.8 Å². The quantitative estimate of drug-likeness (QED) is 0.332. The lowest BCUT2D eigenvalue weighted by Gasteiger charge is -2.32. The molecule has 2 aliphatic rings. The first-order valence-corrected chi connectivity index (χ1v) is 12.3. The number of ether oxygens (including phenoxy) is 2. The molecule has 0 saturated heterocycles. The molecule has 1 fully saturated rings. The van der Waals surface area contributed by atoms with Crippen molar-refractivity contribution in [2.75, 3.05) is 6.79 Å². The SMILES string of the molecule is O=C(NC1CCCC1)[C@@H](c1cc2c(cc1[N+](=O)[O-])OCO2)N(Cc1ccccc1)Cc1ccccc1. The third kappa shape index (κ3) is 5.33. The summed E-state index contributed by atoms with van der Waals surface area (Å²) in [5, 5.41) is 15.4. The number of carbonyl (C=O) groups is 1. The van der Waals surface area contributed by atoms with Gasteiger partial charge in [0.05, 0.1) is 16.6 Å². The molecule has 1 heterocycles. The van der Waals surface area contributed by atoms with Gasteiger partial charge in [0.2, 0.25) is 12.7 Å². The number of amides is 1. The van der Waals surface area contributed by atoms with Crippen molar-refractivity contribution in [2.45, 2.75) is 50.9 Å². The lowest BCUT2D eigenvalue weighted by Crippen LogP contribution is -2.43. The first kappa shape index (κ1) is 23.8. The Hall–Kier alpha value is -3.91. The molecule has 3 aromatic carbocycles. The van der Waals surface area contributed by atoms with Gasteiger partial charge in [0.25, 0.3) is 5.69 Å². The van der Waals surface area contributed by atoms with Crippen molar-refractivity contribution in [3.05, 3.63) is 99.6 Å². The number of hydrogen-bond donors (Lipinski definition) is 1. The molecule has 1 N–H and O–H groups in total. The number of nitro benzene ring substituents is 1. The van der Waals surface area contributed by atoms with E-state index in [4.69, 9.17) is 9.47 Å². The number of nitrogens with one attached hydrogen (secondary N) is 1. The van der Waals surface area contributed by atoms with Gasteiger partial charge in [-0.25, -0.2) is 0 Å². The molecule has 0 radical (unpaired) electrons. The highest BCUT2D eigenvalue weighted by atomic mass is 16.7. The van der Waals surface area contributed by atoms with E-state index in [-0.39, 0.29) is 24.4 Å². The van der Waals surface area contributed by atoms with Crippen molar-refractivity contribution in [3.8, 4) is 11.5 Å². The minimum Gasteiger partial charge on any atom is -0.454 e. The van der Waals surface area contributed by atoms with Gasteiger partial charge in [0, 0.05) is 19.1 Å². The largest absolute Gasteiger partial charge is 0.454 e. The van der Waals surface area contributed by atoms with E-state index in [2.05, 4.69) is 5.32 Å². The number of nitrogens with zero attached hydrogens (tertiary/aromatic N) is 2. The van der Waals surface area contributed by atoms with E-state index in [1.807, 2.05) is 65.6 Å². The maximum Gasteiger partial charge on any atom is 0.278 e. The smallest absolute Gasteiger partial charge is 0.278 e. The molecular formula is C28H29N3O5. The summed E-state index contributed by atoms with van der Waals surface area (Å²) in [5.74, 6) is 0.488. The molecule has 1 aliphatic heterocycles. The maximum atomic E-state index is 13.9. The number of hydrogen-bond acceptors (Lipinski definition) is 6. The van der Waals surface area contributed by atoms with Crippen LogP contribution in [0.2, 0.25) is 0 Å². The predicted octanol–water partition coefficient (Wildman–Crippen LogP) is 5.13. The second-order valence-electron chi connectivity index (χ2n) is 9.29. The van der Waals surface area contributed by atoms with Gasteiger partial charge in [0.15, 0.2) is 11.5 Å². The Balaban J connectivity index is 1.60. The molecule has 0 unspecified atom stereocenters. The van der Waals surface area contributed by atoms with Crippen LogP contribution in [0, 0.1) is 10.1 Å². The van der Waals surface area contributed by atoms with Crippen LogP contribution in [-0.4, -0.2) is 28.6 Å². The fourth-order valence-electron chi connectivity index (χ4n) is 5.05. The standard InChI is InChI=1S/C28H29N3O5/c32-28(29-22-13-7-8-14-22)27(23-15-25-26(36-19-35-25)16-24(23)31(33)34)30(17-20-9-3-1-4-10-20)18-21-11-5-2-6-12-21/h1-6,9-12,15-16,22,27H,7-8,13-14,17-19H2,(H,29,32)/t27-/m1/s1. The zero-order chi connectivity index (χ0) is 24.9. The summed E-state index contributed by atoms with van der Waals surface area (Å²) in [7, 11) is 0. The van der Waals surface area contributed by atoms with Gasteiger partial charge in [-0.2, -0.15) is 0 Å². The van der Waals surface area contributed by atoms with E-state index in [0.29, 0.717) is 30.2 Å². The Bertz CT molecular complexity index is 1170. The summed E-state index contributed by atoms with van der Waals surface area (Å²) in [6.07, 6.45) is 3.97. The van der Waals surface area contributed by atoms with Gasteiger partial charge in [0.1, 0.15) is 6.04 Å². The Labute approximate surface area is 210 Å². The Kier molecular flexibility index (Phi) is 7.13. The van der Waals surface area contributed by atoms with Crippen LogP contribution in [0.15, 0.2) is 72.8 Å². The molecule has 8 nitrogen and oxygen atoms in total. The van der Waals surface area contributed by atoms with Crippen molar-refractivity contribution in [3.63, 3.8) is 0 Å². The van der Waals surface area contributed by atoms with Gasteiger partial charge in [-0.05, 0) is 30.0 Å². The van der Waals surface area contributed by atoms with Crippen LogP contribution in [-0.2, 0) is 17.9 Å². The third-order valence-corrected chi connectivity index (χ3v) is 6.79. The van der Waals surface area contributed by atoms with E-state index in [9.17, 15) is 14.9 Å². The zero-order valence-electron chi connectivity index (χ0n) is 20.0. The highest BCUT2D eigenvalue weighted by Gasteiger charge is 2.37. The van der Waals surface area contributed by atoms with E-state index in [0.717, 1.165) is 36.8 Å². The summed E-state index contributed by atoms with van der Waals surface area (Å²) in [6.45, 7) is 0.862. The summed E-state index contributed by atoms with van der Waals surface area (Å²) in [4.78, 5) is 27.7. The fourth-order valence-corrected chi connectivity index (χ4v) is 5.05. The van der Waals surface area contributed by atoms with Crippen molar-refractivity contribution in [1.82, 2.24) is 10.2 Å². The molecule has 1 amide bonds. The van der Waals surface area contributed by atoms with Crippen LogP contribution < -0.4 is 14.8 Å². The van der Waals surface area contributed by atoms with Gasteiger partial charge >= 0.3 is 0 Å². The highest BCUT2D eigenvalue weighted by Crippen LogP contribution is 2.42. The van der Waals surface area contributed by atoms with Gasteiger partial charge in [-0.1, -0.05) is 73.5 Å². The molecule has 186 valence electrons. The van der Waals surface area contributed by atoms with Crippen LogP contribution in [0.25, 0.3) is 0 Å². The average Bonchev–Trinajstić information content (AvgIpc) is 3.56. The minimum absolute atomic E-state index is 0.00732. The first-order chi connectivity index (χ1) is 17.6. The van der Waals surface area contributed by atoms with Crippen LogP contribution >= 0.6 is 0 Å². The third-order valence-electron chi connectivity index (χ3n) is 6.79. The molecule has 1 saturated carbocycles. The molecule has 8 heteroatoms. The van der Waals surface area contributed by atoms with E-state index in [1.54, 1.807) is 6.07 Å². The highest BCUT2D eigenvalue weighted by molar-refractivity contribution is 5.85. The van der Waals surface area contributed by atoms with Gasteiger partial charge < -0.3 is 14.8 Å². The van der Waals surface area contributed by atoms with Crippen LogP contribution in [0.4, 0.5) is 5.69 Å². The van der Waals surface area contributed by atoms with Crippen LogP contribution in [0.3, 0.4) is 0 Å². The molecule has 1 atom stereocenters. The molecule has 36 heavy (non-hydrogen) atoms. The molecule has 5 rings (SSSR count). The van der Waals surface area contributed by atoms with E-state index < -0.39 is 11.0 Å². The molecule has 0 spiro atoms. The van der Waals surface area contributed by atoms with Crippen molar-refractivity contribution in [2.24, 2.45) is 0 Å². The number of benzene rings is 3. The van der Waals surface area contributed by atoms with E-state index >= 15 is 0 Å². The molecule has 3 aromatic rings. The normalized spacial score (nSPS) is 15.7. The second kappa shape index (κ2) is 10.8. The fraction of sp³-hybridized carbons (Fsp3) is 0.321. The average molecular weight is 488 g/mol. The summed E-state index contributed by atoms with van der Waals surface area (Å²) >= 11 is 0. The first-order valence-electron chi connectivity index (χ1n) is 12.3. The zero-order valence-corrected chi connectivity index (χ0v) is 20.0. The van der Waals surface area contributed by atoms with Crippen molar-refractivity contribution < 1.29 is 19.2 Å². The second-order valence-corrected chi connectivity index (χ2v) is 9.29. The summed E-state index contributed by atoms with van der Waals surface area (Å²) in [5.41, 5.74) is 2.16. The van der Waals surface area contributed by atoms with Crippen LogP contribution in [0.5, 0.6) is 11.5 Å². The number of fused-ring (bicyclic) bond motifs is 1. The summed E-state index contributed by atoms with van der Waals surface area (Å²) in [6, 6.07) is 21.8. The Morgan fingerprint density at radius 3 is 2.06 bits per heavy atom. The van der Waals surface area contributed by atoms with Crippen molar-refractivity contribution in [1.29, 1.82) is 0 Å². The summed E-state index contributed by atoms with van der Waals surface area (Å²) < 4.78 is 11.0. The Morgan fingerprint density at radius 1 is 0.944 bits per heavy atom. The Morgan fingerprint density at radius 2 is 1.50 bits per heavy atom. The monoisotopic (exact) mass is 487 g/mol. The molecule has 0 bridgehead atoms. The maximum absolute atomic E-state index is 13.9. The van der Waals surface area contributed by atoms with Crippen LogP contribution in [0.1, 0.15) is 48.4 Å². The van der Waals surface area contributed by atoms with Gasteiger partial charge in [-0.15, -0.1) is 0 Å². The molecule has 1 aliphatic carbocycles. The van der Waals surface area contributed by atoms with Crippen molar-refractivity contribution >= 4 is 11.6 Å². The predicted molar refractivity (Wildman–Crippen MR) is 134 cm³/mol. The molecular weight excluding hydrogens is 458 g/mol. The molecule has 0 aromatic heterocycles. The lowest BCUT2D eigenvalue weighted by molar-refractivity contribution is -0.386. The topological polar surface area (TPSA) is 93.9 Å². The lowest BCUT2D eigenvalue weighted by atomic mass is 9.98. The minimum atomic E-state index is -0.902. The number of nitro groups is 1.